The summed E-state index contributed by atoms with van der Waals surface area (Å²) >= 11 is 0. The Morgan fingerprint density at radius 3 is 2.19 bits per heavy atom. The Kier molecular flexibility index (Phi) is 7.28. The van der Waals surface area contributed by atoms with Crippen LogP contribution in [0.2, 0.25) is 0 Å². The van der Waals surface area contributed by atoms with E-state index in [-0.39, 0.29) is 17.9 Å². The molecule has 3 aromatic carbocycles. The number of para-hydroxylation sites is 2. The SMILES string of the molecule is CN(C(CCn1c(=O)c2ccccc2n(C)c1=O)C(=O)O)S(=O)(=O)c1ccc(Oc2ccccc2)cc1. The number of aliphatic carboxylic acids is 1. The fraction of sp³-hybridized carbons (Fsp3) is 0.192. The van der Waals surface area contributed by atoms with Gasteiger partial charge in [0.15, 0.2) is 0 Å². The standard InChI is InChI=1S/C26H25N3O7S/c1-27-22-11-7-6-10-21(22)24(30)29(26(27)33)17-16-23(25(31)32)28(2)37(34,35)20-14-12-19(13-15-20)36-18-8-4-3-5-9-18/h3-15,23H,16-17H2,1-2H3,(H,31,32). The lowest BCUT2D eigenvalue weighted by Gasteiger charge is -2.24. The third-order valence-electron chi connectivity index (χ3n) is 6.09. The first kappa shape index (κ1) is 25.9. The number of fused-ring (bicyclic) bond motifs is 1. The van der Waals surface area contributed by atoms with Gasteiger partial charge in [-0.1, -0.05) is 30.3 Å². The summed E-state index contributed by atoms with van der Waals surface area (Å²) in [4.78, 5) is 37.6. The molecule has 37 heavy (non-hydrogen) atoms. The van der Waals surface area contributed by atoms with Crippen molar-refractivity contribution in [3.8, 4) is 11.5 Å². The number of carboxylic acids is 1. The molecule has 0 radical (unpaired) electrons. The first-order valence-corrected chi connectivity index (χ1v) is 12.8. The molecule has 1 unspecified atom stereocenters. The Hall–Kier alpha value is -4.22. The predicted octanol–water partition coefficient (Wildman–Crippen LogP) is 2.66. The van der Waals surface area contributed by atoms with Crippen molar-refractivity contribution in [2.24, 2.45) is 7.05 Å². The number of carboxylic acid groups (broad SMARTS) is 1. The number of likely N-dealkylation sites (N-methyl/N-ethyl adjacent to an activating group) is 1. The fourth-order valence-corrected chi connectivity index (χ4v) is 5.35. The number of sulfonamides is 1. The maximum absolute atomic E-state index is 13.2. The van der Waals surface area contributed by atoms with Crippen LogP contribution in [0.5, 0.6) is 11.5 Å². The Bertz CT molecular complexity index is 1660. The van der Waals surface area contributed by atoms with E-state index in [1.165, 1.54) is 35.9 Å². The number of aryl methyl sites for hydroxylation is 1. The smallest absolute Gasteiger partial charge is 0.331 e. The van der Waals surface area contributed by atoms with Gasteiger partial charge in [-0.3, -0.25) is 18.7 Å². The Labute approximate surface area is 212 Å². The molecule has 1 aromatic heterocycles. The van der Waals surface area contributed by atoms with E-state index in [1.807, 2.05) is 6.07 Å². The summed E-state index contributed by atoms with van der Waals surface area (Å²) in [5, 5.41) is 10.1. The zero-order chi connectivity index (χ0) is 26.7. The van der Waals surface area contributed by atoms with E-state index >= 15 is 0 Å². The van der Waals surface area contributed by atoms with Crippen LogP contribution in [0.25, 0.3) is 10.9 Å². The summed E-state index contributed by atoms with van der Waals surface area (Å²) in [7, 11) is -1.55. The molecule has 11 heteroatoms. The van der Waals surface area contributed by atoms with E-state index in [0.29, 0.717) is 22.4 Å². The molecular formula is C26H25N3O7S. The summed E-state index contributed by atoms with van der Waals surface area (Å²) in [5.41, 5.74) is -0.738. The van der Waals surface area contributed by atoms with Crippen molar-refractivity contribution in [1.29, 1.82) is 0 Å². The van der Waals surface area contributed by atoms with Gasteiger partial charge in [-0.2, -0.15) is 4.31 Å². The maximum atomic E-state index is 13.2. The average molecular weight is 524 g/mol. The normalized spacial score (nSPS) is 12.5. The highest BCUT2D eigenvalue weighted by Gasteiger charge is 2.33. The highest BCUT2D eigenvalue weighted by Crippen LogP contribution is 2.25. The Morgan fingerprint density at radius 1 is 0.946 bits per heavy atom. The number of hydrogen-bond acceptors (Lipinski definition) is 6. The minimum Gasteiger partial charge on any atom is -0.480 e. The van der Waals surface area contributed by atoms with E-state index in [9.17, 15) is 27.9 Å². The molecular weight excluding hydrogens is 498 g/mol. The van der Waals surface area contributed by atoms with Gasteiger partial charge in [0.25, 0.3) is 5.56 Å². The van der Waals surface area contributed by atoms with Gasteiger partial charge in [-0.05, 0) is 55.0 Å². The van der Waals surface area contributed by atoms with Crippen LogP contribution in [-0.4, -0.2) is 46.0 Å². The molecule has 0 aliphatic heterocycles. The summed E-state index contributed by atoms with van der Waals surface area (Å²) in [6.07, 6.45) is -0.298. The lowest BCUT2D eigenvalue weighted by atomic mass is 10.2. The molecule has 0 amide bonds. The first-order chi connectivity index (χ1) is 17.6. The van der Waals surface area contributed by atoms with Crippen molar-refractivity contribution in [3.05, 3.63) is 99.7 Å². The van der Waals surface area contributed by atoms with Crippen LogP contribution in [0, 0.1) is 0 Å². The lowest BCUT2D eigenvalue weighted by molar-refractivity contribution is -0.141. The minimum absolute atomic E-state index is 0.125. The van der Waals surface area contributed by atoms with Crippen LogP contribution in [0.3, 0.4) is 0 Å². The van der Waals surface area contributed by atoms with Gasteiger partial charge < -0.3 is 9.84 Å². The summed E-state index contributed by atoms with van der Waals surface area (Å²) in [6.45, 7) is -0.281. The summed E-state index contributed by atoms with van der Waals surface area (Å²) in [6, 6.07) is 19.6. The minimum atomic E-state index is -4.21. The monoisotopic (exact) mass is 523 g/mol. The number of rotatable bonds is 9. The van der Waals surface area contributed by atoms with Crippen LogP contribution in [0.15, 0.2) is 93.3 Å². The van der Waals surface area contributed by atoms with Gasteiger partial charge in [-0.15, -0.1) is 0 Å². The molecule has 0 spiro atoms. The molecule has 1 heterocycles. The van der Waals surface area contributed by atoms with Crippen LogP contribution >= 0.6 is 0 Å². The zero-order valence-electron chi connectivity index (χ0n) is 20.1. The third kappa shape index (κ3) is 5.18. The number of ether oxygens (including phenoxy) is 1. The predicted molar refractivity (Wildman–Crippen MR) is 137 cm³/mol. The molecule has 192 valence electrons. The van der Waals surface area contributed by atoms with Crippen molar-refractivity contribution in [3.63, 3.8) is 0 Å². The summed E-state index contributed by atoms with van der Waals surface area (Å²) < 4.78 is 35.1. The van der Waals surface area contributed by atoms with Gasteiger partial charge in [0.1, 0.15) is 17.5 Å². The van der Waals surface area contributed by atoms with Crippen molar-refractivity contribution >= 4 is 26.9 Å². The topological polar surface area (TPSA) is 128 Å². The Balaban J connectivity index is 1.56. The first-order valence-electron chi connectivity index (χ1n) is 11.3. The number of aromatic nitrogens is 2. The quantitative estimate of drug-likeness (QED) is 0.357. The maximum Gasteiger partial charge on any atom is 0.331 e. The number of hydrogen-bond donors (Lipinski definition) is 1. The van der Waals surface area contributed by atoms with Gasteiger partial charge in [0.05, 0.1) is 15.8 Å². The van der Waals surface area contributed by atoms with Gasteiger partial charge in [-0.25, -0.2) is 13.2 Å². The molecule has 10 nitrogen and oxygen atoms in total. The van der Waals surface area contributed by atoms with E-state index in [2.05, 4.69) is 0 Å². The van der Waals surface area contributed by atoms with E-state index in [4.69, 9.17) is 4.74 Å². The molecule has 0 aliphatic rings. The molecule has 0 fully saturated rings. The molecule has 0 bridgehead atoms. The van der Waals surface area contributed by atoms with Crippen LogP contribution in [-0.2, 0) is 28.4 Å². The van der Waals surface area contributed by atoms with Crippen LogP contribution in [0.1, 0.15) is 6.42 Å². The molecule has 0 aliphatic carbocycles. The molecule has 4 aromatic rings. The highest BCUT2D eigenvalue weighted by atomic mass is 32.2. The third-order valence-corrected chi connectivity index (χ3v) is 7.97. The van der Waals surface area contributed by atoms with E-state index in [1.54, 1.807) is 48.5 Å². The Morgan fingerprint density at radius 2 is 1.54 bits per heavy atom. The molecule has 0 saturated carbocycles. The van der Waals surface area contributed by atoms with E-state index < -0.39 is 33.3 Å². The second-order valence-electron chi connectivity index (χ2n) is 8.37. The number of carbonyl (C=O) groups is 1. The zero-order valence-corrected chi connectivity index (χ0v) is 21.0. The fourth-order valence-electron chi connectivity index (χ4n) is 4.01. The largest absolute Gasteiger partial charge is 0.480 e. The second-order valence-corrected chi connectivity index (χ2v) is 10.4. The lowest BCUT2D eigenvalue weighted by Crippen LogP contribution is -2.45. The van der Waals surface area contributed by atoms with Gasteiger partial charge >= 0.3 is 11.7 Å². The van der Waals surface area contributed by atoms with Crippen LogP contribution in [0.4, 0.5) is 0 Å². The van der Waals surface area contributed by atoms with Crippen molar-refractivity contribution in [2.45, 2.75) is 23.9 Å². The van der Waals surface area contributed by atoms with E-state index in [0.717, 1.165) is 15.9 Å². The van der Waals surface area contributed by atoms with Gasteiger partial charge in [0.2, 0.25) is 10.0 Å². The van der Waals surface area contributed by atoms with Crippen LogP contribution < -0.4 is 16.0 Å². The number of nitrogens with zero attached hydrogens (tertiary/aromatic N) is 3. The molecule has 1 atom stereocenters. The molecule has 4 rings (SSSR count). The molecule has 0 saturated heterocycles. The van der Waals surface area contributed by atoms with Gasteiger partial charge in [0, 0.05) is 20.6 Å². The van der Waals surface area contributed by atoms with Crippen molar-refractivity contribution in [2.75, 3.05) is 7.05 Å². The molecule has 1 N–H and O–H groups in total. The van der Waals surface area contributed by atoms with Crippen molar-refractivity contribution in [1.82, 2.24) is 13.4 Å². The summed E-state index contributed by atoms with van der Waals surface area (Å²) in [5.74, 6) is -0.411. The highest BCUT2D eigenvalue weighted by molar-refractivity contribution is 7.89. The average Bonchev–Trinajstić information content (AvgIpc) is 2.90. The number of benzene rings is 3. The second kappa shape index (κ2) is 10.4. The van der Waals surface area contributed by atoms with Crippen molar-refractivity contribution < 1.29 is 23.1 Å².